The molecule has 0 saturated heterocycles. The first-order chi connectivity index (χ1) is 8.75. The third-order valence-electron chi connectivity index (χ3n) is 5.13. The fourth-order valence-electron chi connectivity index (χ4n) is 4.18. The Balaban J connectivity index is 1.87. The first kappa shape index (κ1) is 10.7. The van der Waals surface area contributed by atoms with Crippen molar-refractivity contribution in [1.29, 1.82) is 0 Å². The first-order valence-corrected chi connectivity index (χ1v) is 7.08. The van der Waals surface area contributed by atoms with Crippen LogP contribution in [0.4, 0.5) is 0 Å². The van der Waals surface area contributed by atoms with Gasteiger partial charge in [0.2, 0.25) is 12.2 Å². The van der Waals surface area contributed by atoms with Crippen LogP contribution in [0, 0.1) is 10.8 Å². The van der Waals surface area contributed by atoms with Crippen LogP contribution in [0.5, 0.6) is 0 Å². The van der Waals surface area contributed by atoms with Crippen molar-refractivity contribution in [1.82, 2.24) is 5.32 Å². The lowest BCUT2D eigenvalue weighted by molar-refractivity contribution is -0.528. The Morgan fingerprint density at radius 2 is 2.33 bits per heavy atom. The number of nitrogens with zero attached hydrogens (tertiary/aromatic N) is 1. The number of allylic oxidation sites excluding steroid dienone is 1. The van der Waals surface area contributed by atoms with Crippen molar-refractivity contribution in [3.8, 4) is 0 Å². The summed E-state index contributed by atoms with van der Waals surface area (Å²) in [6, 6.07) is 0.693. The molecule has 0 spiro atoms. The van der Waals surface area contributed by atoms with Gasteiger partial charge in [0, 0.05) is 35.3 Å². The maximum Gasteiger partial charge on any atom is 0.221 e. The number of hydrogen-bond acceptors (Lipinski definition) is 2. The lowest BCUT2D eigenvalue weighted by Gasteiger charge is -2.34. The van der Waals surface area contributed by atoms with E-state index in [1.54, 1.807) is 22.9 Å². The van der Waals surface area contributed by atoms with Crippen molar-refractivity contribution in [3.63, 3.8) is 0 Å². The fourth-order valence-corrected chi connectivity index (χ4v) is 4.18. The van der Waals surface area contributed by atoms with Crippen LogP contribution >= 0.6 is 0 Å². The smallest absolute Gasteiger partial charge is 0.221 e. The van der Waals surface area contributed by atoms with Gasteiger partial charge in [-0.25, -0.2) is 0 Å². The summed E-state index contributed by atoms with van der Waals surface area (Å²) in [4.78, 5) is 11.8. The fraction of sp³-hybridized carbons (Fsp3) is 0.600. The van der Waals surface area contributed by atoms with Gasteiger partial charge in [-0.1, -0.05) is 5.57 Å². The maximum absolute atomic E-state index is 11.8. The second-order valence-electron chi connectivity index (χ2n) is 6.00. The molecule has 0 aromatic heterocycles. The summed E-state index contributed by atoms with van der Waals surface area (Å²) in [6.45, 7) is 3.11. The summed E-state index contributed by atoms with van der Waals surface area (Å²) >= 11 is 0. The van der Waals surface area contributed by atoms with E-state index in [-0.39, 0.29) is 6.04 Å². The zero-order valence-corrected chi connectivity index (χ0v) is 10.8. The molecular weight excluding hydrogens is 224 g/mol. The van der Waals surface area contributed by atoms with Crippen LogP contribution in [-0.4, -0.2) is 23.4 Å². The van der Waals surface area contributed by atoms with Crippen LogP contribution < -0.4 is 5.32 Å². The van der Waals surface area contributed by atoms with E-state index in [1.165, 1.54) is 24.8 Å². The summed E-state index contributed by atoms with van der Waals surface area (Å²) in [5.41, 5.74) is 6.23. The number of fused-ring (bicyclic) bond motifs is 1. The average molecular weight is 243 g/mol. The van der Waals surface area contributed by atoms with Gasteiger partial charge in [0.25, 0.3) is 0 Å². The molecule has 0 aromatic rings. The standard InChI is InChI=1S/C15H19N2O/c1-9-13-7-10-8-16-14-4-2-3-12(15(10)14)11(13)5-6-17(9)18/h5-6,9,13-14,16H,2-4,7-8H2,1H3/q+1. The van der Waals surface area contributed by atoms with Crippen LogP contribution in [0.3, 0.4) is 0 Å². The van der Waals surface area contributed by atoms with Gasteiger partial charge in [-0.3, -0.25) is 0 Å². The molecule has 18 heavy (non-hydrogen) atoms. The van der Waals surface area contributed by atoms with Gasteiger partial charge < -0.3 is 5.32 Å². The molecule has 0 radical (unpaired) electrons. The second-order valence-corrected chi connectivity index (χ2v) is 6.00. The second kappa shape index (κ2) is 3.64. The molecule has 3 heteroatoms. The van der Waals surface area contributed by atoms with Gasteiger partial charge in [0.15, 0.2) is 0 Å². The molecule has 3 atom stereocenters. The van der Waals surface area contributed by atoms with Crippen LogP contribution in [-0.2, 0) is 0 Å². The van der Waals surface area contributed by atoms with Crippen molar-refractivity contribution >= 4 is 0 Å². The minimum atomic E-state index is 0.0903. The van der Waals surface area contributed by atoms with Crippen molar-refractivity contribution < 1.29 is 4.76 Å². The minimum absolute atomic E-state index is 0.0903. The summed E-state index contributed by atoms with van der Waals surface area (Å²) < 4.78 is 1.13. The molecule has 0 amide bonds. The van der Waals surface area contributed by atoms with E-state index in [2.05, 4.69) is 18.3 Å². The lowest BCUT2D eigenvalue weighted by Crippen LogP contribution is -2.35. The van der Waals surface area contributed by atoms with E-state index in [0.29, 0.717) is 12.0 Å². The Hall–Kier alpha value is -1.22. The molecular formula is C15H19N2O+. The molecule has 2 aliphatic heterocycles. The highest BCUT2D eigenvalue weighted by atomic mass is 16.3. The van der Waals surface area contributed by atoms with E-state index >= 15 is 0 Å². The Bertz CT molecular complexity index is 527. The van der Waals surface area contributed by atoms with Gasteiger partial charge >= 0.3 is 0 Å². The molecule has 0 bridgehead atoms. The van der Waals surface area contributed by atoms with E-state index in [0.717, 1.165) is 17.7 Å². The molecule has 3 nitrogen and oxygen atoms in total. The van der Waals surface area contributed by atoms with Gasteiger partial charge in [0.1, 0.15) is 0 Å². The molecule has 94 valence electrons. The maximum atomic E-state index is 11.8. The highest BCUT2D eigenvalue weighted by molar-refractivity contribution is 5.54. The van der Waals surface area contributed by atoms with Crippen LogP contribution in [0.25, 0.3) is 0 Å². The predicted octanol–water partition coefficient (Wildman–Crippen LogP) is 2.45. The number of hydrogen-bond donors (Lipinski definition) is 1. The van der Waals surface area contributed by atoms with Crippen molar-refractivity contribution in [2.45, 2.75) is 44.7 Å². The van der Waals surface area contributed by atoms with Crippen LogP contribution in [0.15, 0.2) is 34.6 Å². The third-order valence-corrected chi connectivity index (χ3v) is 5.13. The lowest BCUT2D eigenvalue weighted by atomic mass is 9.70. The van der Waals surface area contributed by atoms with Crippen LogP contribution in [0.2, 0.25) is 0 Å². The van der Waals surface area contributed by atoms with Crippen molar-refractivity contribution in [3.05, 3.63) is 39.5 Å². The summed E-state index contributed by atoms with van der Waals surface area (Å²) in [7, 11) is 0. The number of nitroso groups, excluding NO2 is 1. The Morgan fingerprint density at radius 3 is 3.22 bits per heavy atom. The topological polar surface area (TPSA) is 32.1 Å². The highest BCUT2D eigenvalue weighted by Crippen LogP contribution is 2.47. The predicted molar refractivity (Wildman–Crippen MR) is 70.0 cm³/mol. The van der Waals surface area contributed by atoms with E-state index in [4.69, 9.17) is 0 Å². The van der Waals surface area contributed by atoms with Crippen LogP contribution in [0.1, 0.15) is 32.6 Å². The van der Waals surface area contributed by atoms with Crippen molar-refractivity contribution in [2.75, 3.05) is 6.54 Å². The first-order valence-electron chi connectivity index (χ1n) is 7.08. The van der Waals surface area contributed by atoms with Gasteiger partial charge in [-0.15, -0.1) is 0 Å². The molecule has 3 unspecified atom stereocenters. The summed E-state index contributed by atoms with van der Waals surface area (Å²) in [6.07, 6.45) is 8.66. The third kappa shape index (κ3) is 1.28. The van der Waals surface area contributed by atoms with Gasteiger partial charge in [0.05, 0.1) is 5.92 Å². The van der Waals surface area contributed by atoms with E-state index < -0.39 is 0 Å². The Labute approximate surface area is 107 Å². The normalized spacial score (nSPS) is 38.1. The van der Waals surface area contributed by atoms with E-state index in [9.17, 15) is 4.91 Å². The molecule has 1 N–H and O–H groups in total. The Morgan fingerprint density at radius 1 is 1.44 bits per heavy atom. The molecule has 2 heterocycles. The largest absolute Gasteiger partial charge is 0.306 e. The average Bonchev–Trinajstić information content (AvgIpc) is 2.80. The number of rotatable bonds is 0. The molecule has 4 rings (SSSR count). The zero-order valence-electron chi connectivity index (χ0n) is 10.8. The van der Waals surface area contributed by atoms with Gasteiger partial charge in [-0.2, -0.15) is 0 Å². The van der Waals surface area contributed by atoms with E-state index in [1.807, 2.05) is 0 Å². The molecule has 4 aliphatic rings. The zero-order chi connectivity index (χ0) is 12.3. The monoisotopic (exact) mass is 243 g/mol. The molecule has 1 saturated carbocycles. The van der Waals surface area contributed by atoms with Crippen molar-refractivity contribution in [2.24, 2.45) is 5.92 Å². The summed E-state index contributed by atoms with van der Waals surface area (Å²) in [5.74, 6) is 0.417. The molecule has 1 fully saturated rings. The highest BCUT2D eigenvalue weighted by Gasteiger charge is 2.43. The molecule has 0 aromatic carbocycles. The van der Waals surface area contributed by atoms with Gasteiger partial charge in [-0.05, 0) is 42.4 Å². The minimum Gasteiger partial charge on any atom is -0.306 e. The number of nitrogens with one attached hydrogen (secondary N) is 1. The Kier molecular flexibility index (Phi) is 2.16. The molecule has 2 aliphatic carbocycles. The quantitative estimate of drug-likeness (QED) is 0.663. The summed E-state index contributed by atoms with van der Waals surface area (Å²) in [5, 5.41) is 3.64. The SMILES string of the molecule is CC1C2CC3=C4C(=C2C=C[N+]1=O)CCCC4NC3.